The minimum absolute atomic E-state index is 0.274. The lowest BCUT2D eigenvalue weighted by molar-refractivity contribution is 0.0803. The van der Waals surface area contributed by atoms with Crippen LogP contribution in [0.2, 0.25) is 0 Å². The van der Waals surface area contributed by atoms with Crippen LogP contribution in [0.3, 0.4) is 0 Å². The maximum Gasteiger partial charge on any atom is 0.232 e. The number of nitrogen functional groups attached to an aromatic ring is 1. The van der Waals surface area contributed by atoms with E-state index in [4.69, 9.17) is 5.73 Å². The number of nitrogens with two attached hydrogens (primary N) is 1. The van der Waals surface area contributed by atoms with E-state index in [2.05, 4.69) is 25.2 Å². The molecule has 1 aliphatic carbocycles. The number of aromatic nitrogens is 3. The van der Waals surface area contributed by atoms with Gasteiger partial charge in [-0.05, 0) is 43.4 Å². The van der Waals surface area contributed by atoms with Crippen LogP contribution >= 0.6 is 0 Å². The first-order chi connectivity index (χ1) is 12.3. The van der Waals surface area contributed by atoms with Crippen LogP contribution < -0.4 is 11.1 Å². The Bertz CT molecular complexity index is 704. The van der Waals surface area contributed by atoms with E-state index < -0.39 is 0 Å². The van der Waals surface area contributed by atoms with E-state index in [9.17, 15) is 0 Å². The third-order valence-corrected chi connectivity index (χ3v) is 5.47. The van der Waals surface area contributed by atoms with Crippen LogP contribution in [-0.2, 0) is 6.54 Å². The van der Waals surface area contributed by atoms with Crippen LogP contribution in [0.15, 0.2) is 30.3 Å². The van der Waals surface area contributed by atoms with Crippen LogP contribution in [0, 0.1) is 11.8 Å². The molecule has 2 unspecified atom stereocenters. The van der Waals surface area contributed by atoms with Gasteiger partial charge in [0.15, 0.2) is 0 Å². The zero-order valence-electron chi connectivity index (χ0n) is 14.6. The van der Waals surface area contributed by atoms with Crippen molar-refractivity contribution in [2.75, 3.05) is 24.1 Å². The first kappa shape index (κ1) is 16.3. The van der Waals surface area contributed by atoms with Gasteiger partial charge >= 0.3 is 0 Å². The van der Waals surface area contributed by atoms with Crippen molar-refractivity contribution in [3.05, 3.63) is 36.2 Å². The highest BCUT2D eigenvalue weighted by Crippen LogP contribution is 2.36. The second-order valence-electron chi connectivity index (χ2n) is 7.25. The van der Waals surface area contributed by atoms with Gasteiger partial charge in [-0.3, -0.25) is 4.90 Å². The highest BCUT2D eigenvalue weighted by Gasteiger charge is 2.31. The molecule has 132 valence electrons. The van der Waals surface area contributed by atoms with Crippen molar-refractivity contribution in [3.63, 3.8) is 0 Å². The van der Waals surface area contributed by atoms with E-state index in [-0.39, 0.29) is 5.95 Å². The van der Waals surface area contributed by atoms with Gasteiger partial charge in [-0.1, -0.05) is 37.5 Å². The molecule has 0 bridgehead atoms. The molecule has 2 aliphatic rings. The summed E-state index contributed by atoms with van der Waals surface area (Å²) in [7, 11) is 0. The second kappa shape index (κ2) is 7.35. The number of nitrogens with one attached hydrogen (secondary N) is 1. The summed E-state index contributed by atoms with van der Waals surface area (Å²) < 4.78 is 0. The molecule has 0 radical (unpaired) electrons. The molecule has 2 aromatic rings. The molecular formula is C19H26N6. The number of piperidine rings is 1. The van der Waals surface area contributed by atoms with Crippen molar-refractivity contribution in [2.24, 2.45) is 11.8 Å². The number of rotatable bonds is 4. The van der Waals surface area contributed by atoms with Gasteiger partial charge in [0.1, 0.15) is 5.82 Å². The molecule has 4 rings (SSSR count). The third kappa shape index (κ3) is 4.07. The standard InChI is InChI=1S/C19H26N6/c20-18-22-17(23-19(24-18)21-16-8-2-1-3-9-16)13-25-11-10-14-6-4-5-7-15(14)12-25/h1-3,8-9,14-15H,4-7,10-13H2,(H3,20,21,22,23,24). The summed E-state index contributed by atoms with van der Waals surface area (Å²) in [6.45, 7) is 3.05. The predicted molar refractivity (Wildman–Crippen MR) is 99.3 cm³/mol. The Balaban J connectivity index is 1.43. The van der Waals surface area contributed by atoms with Crippen molar-refractivity contribution in [1.82, 2.24) is 19.9 Å². The number of hydrogen-bond donors (Lipinski definition) is 2. The van der Waals surface area contributed by atoms with Crippen LogP contribution in [0.25, 0.3) is 0 Å². The lowest BCUT2D eigenvalue weighted by Crippen LogP contribution is -2.41. The number of para-hydroxylation sites is 1. The maximum atomic E-state index is 5.90. The monoisotopic (exact) mass is 338 g/mol. The summed E-state index contributed by atoms with van der Waals surface area (Å²) in [4.78, 5) is 15.6. The Morgan fingerprint density at radius 2 is 1.80 bits per heavy atom. The molecule has 3 N–H and O–H groups in total. The zero-order chi connectivity index (χ0) is 17.1. The summed E-state index contributed by atoms with van der Waals surface area (Å²) in [5.74, 6) is 3.32. The fraction of sp³-hybridized carbons (Fsp3) is 0.526. The Morgan fingerprint density at radius 1 is 1.00 bits per heavy atom. The predicted octanol–water partition coefficient (Wildman–Crippen LogP) is 3.21. The molecule has 1 saturated carbocycles. The molecule has 1 aromatic carbocycles. The summed E-state index contributed by atoms with van der Waals surface area (Å²) in [6.07, 6.45) is 6.91. The van der Waals surface area contributed by atoms with Crippen molar-refractivity contribution in [3.8, 4) is 0 Å². The molecule has 0 amide bonds. The van der Waals surface area contributed by atoms with Gasteiger partial charge in [0, 0.05) is 12.2 Å². The van der Waals surface area contributed by atoms with Crippen LogP contribution in [0.1, 0.15) is 37.9 Å². The van der Waals surface area contributed by atoms with Gasteiger partial charge < -0.3 is 11.1 Å². The van der Waals surface area contributed by atoms with Crippen molar-refractivity contribution < 1.29 is 0 Å². The van der Waals surface area contributed by atoms with Gasteiger partial charge in [0.2, 0.25) is 11.9 Å². The largest absolute Gasteiger partial charge is 0.368 e. The second-order valence-corrected chi connectivity index (χ2v) is 7.25. The molecule has 1 saturated heterocycles. The van der Waals surface area contributed by atoms with Gasteiger partial charge in [-0.15, -0.1) is 0 Å². The quantitative estimate of drug-likeness (QED) is 0.891. The highest BCUT2D eigenvalue weighted by atomic mass is 15.2. The Labute approximate surface area is 148 Å². The average Bonchev–Trinajstić information content (AvgIpc) is 2.62. The van der Waals surface area contributed by atoms with Gasteiger partial charge in [-0.2, -0.15) is 15.0 Å². The van der Waals surface area contributed by atoms with Gasteiger partial charge in [0.05, 0.1) is 6.54 Å². The Morgan fingerprint density at radius 3 is 2.64 bits per heavy atom. The highest BCUT2D eigenvalue weighted by molar-refractivity contribution is 5.53. The van der Waals surface area contributed by atoms with Crippen LogP contribution in [0.5, 0.6) is 0 Å². The van der Waals surface area contributed by atoms with Gasteiger partial charge in [-0.25, -0.2) is 0 Å². The summed E-state index contributed by atoms with van der Waals surface area (Å²) >= 11 is 0. The van der Waals surface area contributed by atoms with Crippen molar-refractivity contribution in [1.29, 1.82) is 0 Å². The Kier molecular flexibility index (Phi) is 4.78. The third-order valence-electron chi connectivity index (χ3n) is 5.47. The number of hydrogen-bond acceptors (Lipinski definition) is 6. The molecule has 6 nitrogen and oxygen atoms in total. The average molecular weight is 338 g/mol. The summed E-state index contributed by atoms with van der Waals surface area (Å²) in [5, 5.41) is 3.21. The van der Waals surface area contributed by atoms with E-state index in [1.165, 1.54) is 32.1 Å². The fourth-order valence-electron chi connectivity index (χ4n) is 4.23. The van der Waals surface area contributed by atoms with Crippen molar-refractivity contribution in [2.45, 2.75) is 38.6 Å². The first-order valence-corrected chi connectivity index (χ1v) is 9.31. The van der Waals surface area contributed by atoms with Crippen LogP contribution in [0.4, 0.5) is 17.6 Å². The topological polar surface area (TPSA) is 80.0 Å². The fourth-order valence-corrected chi connectivity index (χ4v) is 4.23. The van der Waals surface area contributed by atoms with E-state index in [0.29, 0.717) is 5.95 Å². The molecule has 1 aliphatic heterocycles. The number of fused-ring (bicyclic) bond motifs is 1. The summed E-state index contributed by atoms with van der Waals surface area (Å²) in [6, 6.07) is 9.89. The van der Waals surface area contributed by atoms with E-state index >= 15 is 0 Å². The number of likely N-dealkylation sites (tertiary alicyclic amines) is 1. The smallest absolute Gasteiger partial charge is 0.232 e. The molecule has 6 heteroatoms. The molecule has 25 heavy (non-hydrogen) atoms. The Hall–Kier alpha value is -2.21. The minimum atomic E-state index is 0.274. The first-order valence-electron chi connectivity index (χ1n) is 9.31. The van der Waals surface area contributed by atoms with E-state index in [0.717, 1.165) is 43.0 Å². The molecule has 2 atom stereocenters. The lowest BCUT2D eigenvalue weighted by atomic mass is 9.75. The number of nitrogens with zero attached hydrogens (tertiary/aromatic N) is 4. The molecule has 0 spiro atoms. The van der Waals surface area contributed by atoms with Crippen LogP contribution in [-0.4, -0.2) is 32.9 Å². The molecule has 2 heterocycles. The SMILES string of the molecule is Nc1nc(CN2CCC3CCCCC3C2)nc(Nc2ccccc2)n1. The zero-order valence-corrected chi connectivity index (χ0v) is 14.6. The number of benzene rings is 1. The molecule has 1 aromatic heterocycles. The van der Waals surface area contributed by atoms with Crippen molar-refractivity contribution >= 4 is 17.6 Å². The lowest BCUT2D eigenvalue weighted by Gasteiger charge is -2.41. The van der Waals surface area contributed by atoms with E-state index in [1.807, 2.05) is 30.3 Å². The van der Waals surface area contributed by atoms with E-state index in [1.54, 1.807) is 0 Å². The van der Waals surface area contributed by atoms with Gasteiger partial charge in [0.25, 0.3) is 0 Å². The maximum absolute atomic E-state index is 5.90. The molecular weight excluding hydrogens is 312 g/mol. The minimum Gasteiger partial charge on any atom is -0.368 e. The summed E-state index contributed by atoms with van der Waals surface area (Å²) in [5.41, 5.74) is 6.85. The number of anilines is 3. The normalized spacial score (nSPS) is 23.8. The molecule has 2 fully saturated rings.